The topological polar surface area (TPSA) is 108 Å². The summed E-state index contributed by atoms with van der Waals surface area (Å²) in [5.74, 6) is -0.252. The molecule has 9 heteroatoms. The van der Waals surface area contributed by atoms with Crippen LogP contribution in [0.1, 0.15) is 187 Å². The molecule has 3 unspecified atom stereocenters. The van der Waals surface area contributed by atoms with Crippen LogP contribution >= 0.6 is 7.82 Å². The van der Waals surface area contributed by atoms with Crippen LogP contribution in [0, 0.1) is 0 Å². The van der Waals surface area contributed by atoms with Crippen LogP contribution < -0.4 is 10.2 Å². The predicted octanol–water partition coefficient (Wildman–Crippen LogP) is 17.4. The molecule has 0 aliphatic carbocycles. The van der Waals surface area contributed by atoms with Crippen LogP contribution in [0.25, 0.3) is 0 Å². The van der Waals surface area contributed by atoms with Gasteiger partial charge in [-0.3, -0.25) is 9.36 Å². The Labute approximate surface area is 460 Å². The van der Waals surface area contributed by atoms with Crippen molar-refractivity contribution >= 4 is 13.7 Å². The van der Waals surface area contributed by atoms with E-state index in [1.54, 1.807) is 6.08 Å². The van der Waals surface area contributed by atoms with Crippen molar-refractivity contribution in [2.24, 2.45) is 0 Å². The maximum atomic E-state index is 12.9. The average Bonchev–Trinajstić information content (AvgIpc) is 3.37. The SMILES string of the molecule is CC/C=C\C/C=C\C/C=C\C/C=C\C/C=C\C/C=C\C/C=C\C/C=C\C/C=C\C/C=C\C/C=C\CCCCCC(=O)NC(COP(=O)([O-])OCC[N+](C)(C)C)C(O)/C=C/CC/C=C/CC/C=C/CCCCCCCC. The number of carbonyl (C=O) groups excluding carboxylic acids is 1. The summed E-state index contributed by atoms with van der Waals surface area (Å²) in [5, 5.41) is 13.8. The molecule has 0 fully saturated rings. The second-order valence-corrected chi connectivity index (χ2v) is 21.3. The van der Waals surface area contributed by atoms with E-state index in [0.717, 1.165) is 116 Å². The fraction of sp³-hybridized carbons (Fsp3) is 0.561. The number of amides is 1. The van der Waals surface area contributed by atoms with E-state index in [1.807, 2.05) is 27.2 Å². The molecule has 0 rings (SSSR count). The Morgan fingerprint density at radius 2 is 0.827 bits per heavy atom. The zero-order valence-corrected chi connectivity index (χ0v) is 48.8. The number of aliphatic hydroxyl groups excluding tert-OH is 1. The van der Waals surface area contributed by atoms with Crippen molar-refractivity contribution in [2.45, 2.75) is 199 Å². The van der Waals surface area contributed by atoms with Gasteiger partial charge in [-0.2, -0.15) is 0 Å². The zero-order chi connectivity index (χ0) is 54.9. The first-order chi connectivity index (χ1) is 36.5. The Kier molecular flexibility index (Phi) is 51.6. The third kappa shape index (κ3) is 57.4. The van der Waals surface area contributed by atoms with Gasteiger partial charge in [0.2, 0.25) is 5.91 Å². The van der Waals surface area contributed by atoms with E-state index in [0.29, 0.717) is 23.9 Å². The lowest BCUT2D eigenvalue weighted by atomic mass is 10.1. The van der Waals surface area contributed by atoms with Crippen molar-refractivity contribution in [3.05, 3.63) is 170 Å². The highest BCUT2D eigenvalue weighted by Crippen LogP contribution is 2.38. The van der Waals surface area contributed by atoms with Gasteiger partial charge in [0.1, 0.15) is 13.2 Å². The molecule has 2 N–H and O–H groups in total. The Morgan fingerprint density at radius 1 is 0.480 bits per heavy atom. The van der Waals surface area contributed by atoms with Gasteiger partial charge in [-0.05, 0) is 128 Å². The normalized spacial score (nSPS) is 15.1. The van der Waals surface area contributed by atoms with Gasteiger partial charge in [-0.15, -0.1) is 0 Å². The van der Waals surface area contributed by atoms with Gasteiger partial charge in [-0.1, -0.05) is 223 Å². The van der Waals surface area contributed by atoms with E-state index in [2.05, 4.69) is 177 Å². The first-order valence-corrected chi connectivity index (χ1v) is 30.5. The molecular formula is C66H107N2O6P. The predicted molar refractivity (Wildman–Crippen MR) is 324 cm³/mol. The van der Waals surface area contributed by atoms with Gasteiger partial charge in [-0.25, -0.2) is 0 Å². The number of hydrogen-bond acceptors (Lipinski definition) is 6. The summed E-state index contributed by atoms with van der Waals surface area (Å²) in [4.78, 5) is 25.5. The summed E-state index contributed by atoms with van der Waals surface area (Å²) in [6.07, 6.45) is 87.2. The van der Waals surface area contributed by atoms with Crippen molar-refractivity contribution < 1.29 is 32.9 Å². The van der Waals surface area contributed by atoms with E-state index in [4.69, 9.17) is 9.05 Å². The molecule has 422 valence electrons. The van der Waals surface area contributed by atoms with Crippen LogP contribution in [0.2, 0.25) is 0 Å². The van der Waals surface area contributed by atoms with Crippen LogP contribution in [0.4, 0.5) is 0 Å². The highest BCUT2D eigenvalue weighted by atomic mass is 31.2. The molecule has 0 aromatic rings. The molecule has 0 spiro atoms. The number of nitrogens with one attached hydrogen (secondary N) is 1. The zero-order valence-electron chi connectivity index (χ0n) is 47.9. The smallest absolute Gasteiger partial charge is 0.268 e. The number of carbonyl (C=O) groups is 1. The van der Waals surface area contributed by atoms with Gasteiger partial charge in [0.15, 0.2) is 0 Å². The third-order valence-electron chi connectivity index (χ3n) is 11.6. The first-order valence-electron chi connectivity index (χ1n) is 29.0. The molecule has 8 nitrogen and oxygen atoms in total. The Bertz CT molecular complexity index is 1820. The van der Waals surface area contributed by atoms with Crippen molar-refractivity contribution in [1.29, 1.82) is 0 Å². The van der Waals surface area contributed by atoms with Gasteiger partial charge in [0.25, 0.3) is 7.82 Å². The van der Waals surface area contributed by atoms with E-state index in [9.17, 15) is 19.4 Å². The van der Waals surface area contributed by atoms with Gasteiger partial charge >= 0.3 is 0 Å². The molecule has 0 heterocycles. The number of aliphatic hydroxyl groups is 1. The molecule has 0 radical (unpaired) electrons. The van der Waals surface area contributed by atoms with Crippen molar-refractivity contribution in [3.63, 3.8) is 0 Å². The van der Waals surface area contributed by atoms with Crippen molar-refractivity contribution in [1.82, 2.24) is 5.32 Å². The van der Waals surface area contributed by atoms with Crippen LogP contribution in [-0.4, -0.2) is 68.5 Å². The maximum Gasteiger partial charge on any atom is 0.268 e. The van der Waals surface area contributed by atoms with Crippen LogP contribution in [0.3, 0.4) is 0 Å². The van der Waals surface area contributed by atoms with Crippen LogP contribution in [0.5, 0.6) is 0 Å². The maximum absolute atomic E-state index is 12.9. The minimum Gasteiger partial charge on any atom is -0.756 e. The molecule has 3 atom stereocenters. The first kappa shape index (κ1) is 70.9. The third-order valence-corrected chi connectivity index (χ3v) is 12.6. The molecule has 0 aliphatic rings. The van der Waals surface area contributed by atoms with E-state index in [1.165, 1.54) is 38.5 Å². The lowest BCUT2D eigenvalue weighted by molar-refractivity contribution is -0.870. The highest BCUT2D eigenvalue weighted by Gasteiger charge is 2.23. The van der Waals surface area contributed by atoms with E-state index in [-0.39, 0.29) is 18.9 Å². The Hall–Kier alpha value is -4.14. The molecule has 75 heavy (non-hydrogen) atoms. The minimum absolute atomic E-state index is 0.0257. The van der Waals surface area contributed by atoms with Gasteiger partial charge in [0.05, 0.1) is 39.9 Å². The average molecular weight is 1060 g/mol. The molecular weight excluding hydrogens is 948 g/mol. The number of nitrogens with zero attached hydrogens (tertiary/aromatic N) is 1. The van der Waals surface area contributed by atoms with Crippen LogP contribution in [0.15, 0.2) is 170 Å². The Morgan fingerprint density at radius 3 is 1.24 bits per heavy atom. The second kappa shape index (κ2) is 54.6. The molecule has 0 aromatic carbocycles. The summed E-state index contributed by atoms with van der Waals surface area (Å²) in [6, 6.07) is -0.941. The number of allylic oxidation sites excluding steroid dienone is 27. The monoisotopic (exact) mass is 1050 g/mol. The van der Waals surface area contributed by atoms with Gasteiger partial charge < -0.3 is 28.8 Å². The molecule has 0 aromatic heterocycles. The number of likely N-dealkylation sites (N-methyl/N-ethyl adjacent to an activating group) is 1. The summed E-state index contributed by atoms with van der Waals surface area (Å²) >= 11 is 0. The highest BCUT2D eigenvalue weighted by molar-refractivity contribution is 7.45. The number of phosphoric acid groups is 1. The van der Waals surface area contributed by atoms with Crippen molar-refractivity contribution in [3.8, 4) is 0 Å². The fourth-order valence-corrected chi connectivity index (χ4v) is 7.85. The largest absolute Gasteiger partial charge is 0.756 e. The number of rotatable bonds is 50. The summed E-state index contributed by atoms with van der Waals surface area (Å²) in [7, 11) is 1.18. The van der Waals surface area contributed by atoms with E-state index >= 15 is 0 Å². The fourth-order valence-electron chi connectivity index (χ4n) is 7.13. The molecule has 0 saturated heterocycles. The number of phosphoric ester groups is 1. The second-order valence-electron chi connectivity index (χ2n) is 19.9. The summed E-state index contributed by atoms with van der Waals surface area (Å²) < 4.78 is 23.3. The minimum atomic E-state index is -4.63. The van der Waals surface area contributed by atoms with E-state index < -0.39 is 26.6 Å². The van der Waals surface area contributed by atoms with Crippen molar-refractivity contribution in [2.75, 3.05) is 40.9 Å². The lowest BCUT2D eigenvalue weighted by Gasteiger charge is -2.29. The summed E-state index contributed by atoms with van der Waals surface area (Å²) in [6.45, 7) is 4.43. The molecule has 0 aliphatic heterocycles. The molecule has 0 saturated carbocycles. The molecule has 1 amide bonds. The number of unbranched alkanes of at least 4 members (excludes halogenated alkanes) is 11. The molecule has 0 bridgehead atoms. The Balaban J connectivity index is 4.33. The number of quaternary nitrogens is 1. The van der Waals surface area contributed by atoms with Crippen LogP contribution in [-0.2, 0) is 18.4 Å². The quantitative estimate of drug-likeness (QED) is 0.0272. The summed E-state index contributed by atoms with van der Waals surface area (Å²) in [5.41, 5.74) is 0. The number of hydrogen-bond donors (Lipinski definition) is 2. The van der Waals surface area contributed by atoms with Gasteiger partial charge in [0, 0.05) is 6.42 Å². The lowest BCUT2D eigenvalue weighted by Crippen LogP contribution is -2.45. The standard InChI is InChI=1S/C66H107N2O6P/c1-6-8-10-12-14-16-18-20-22-24-25-26-27-28-29-30-31-32-33-34-35-36-37-38-39-40-41-42-43-44-46-48-50-52-54-56-58-60-66(70)67-64(63-74-75(71,72)73-62-61-68(3,4)5)65(69)59-57-55-53-51-49-47-45-23-21-19-17-15-13-11-9-7-2/h8,10,14,16,20-23,25-26,28-29,31-32,34-35,37-38,40-41,43-44,48-51,57,59,64-65,69H,6-7,9,11-13,15,17-19,24,27,30,33,36,39,42,45-47,52-56,58,60-63H2,1-5H3,(H-,67,70,71,72)/b10-8-,16-14-,22-20-,23-21+,26-25-,29-28-,32-31-,35-34-,38-37-,41-40-,44-43-,50-48-,51-49+,59-57+.